The third kappa shape index (κ3) is 7.01. The molecule has 1 aliphatic carbocycles. The Kier molecular flexibility index (Phi) is 7.99. The Morgan fingerprint density at radius 3 is 2.42 bits per heavy atom. The second-order valence-corrected chi connectivity index (χ2v) is 8.97. The summed E-state index contributed by atoms with van der Waals surface area (Å²) in [6.07, 6.45) is 4.15. The zero-order valence-electron chi connectivity index (χ0n) is 15.0. The van der Waals surface area contributed by atoms with E-state index in [0.29, 0.717) is 29.6 Å². The van der Waals surface area contributed by atoms with Crippen molar-refractivity contribution in [1.29, 1.82) is 0 Å². The number of rotatable bonds is 7. The quantitative estimate of drug-likeness (QED) is 0.614. The molecule has 0 bridgehead atoms. The van der Waals surface area contributed by atoms with E-state index in [0.717, 1.165) is 25.7 Å². The van der Waals surface area contributed by atoms with Gasteiger partial charge in [-0.1, -0.05) is 25.1 Å². The number of carbonyl (C=O) groups excluding carboxylic acids is 1. The maximum absolute atomic E-state index is 12.0. The molecule has 1 aromatic rings. The van der Waals surface area contributed by atoms with Gasteiger partial charge in [-0.3, -0.25) is 10.1 Å². The molecule has 0 radical (unpaired) electrons. The fourth-order valence-corrected chi connectivity index (χ4v) is 4.69. The van der Waals surface area contributed by atoms with Gasteiger partial charge in [-0.05, 0) is 62.4 Å². The summed E-state index contributed by atoms with van der Waals surface area (Å²) in [7, 11) is -3.15. The Hall–Kier alpha value is -1.51. The van der Waals surface area contributed by atoms with Crippen molar-refractivity contribution in [2.75, 3.05) is 12.3 Å². The molecule has 1 aliphatic rings. The highest BCUT2D eigenvalue weighted by Crippen LogP contribution is 2.24. The molecule has 6 nitrogen and oxygen atoms in total. The first-order valence-electron chi connectivity index (χ1n) is 9.04. The second kappa shape index (κ2) is 9.99. The van der Waals surface area contributed by atoms with Gasteiger partial charge < -0.3 is 5.32 Å². The third-order valence-corrected chi connectivity index (χ3v) is 6.36. The summed E-state index contributed by atoms with van der Waals surface area (Å²) in [5.41, 5.74) is 0.566. The number of hydrogen-bond donors (Lipinski definition) is 3. The maximum atomic E-state index is 12.0. The highest BCUT2D eigenvalue weighted by atomic mass is 32.2. The summed E-state index contributed by atoms with van der Waals surface area (Å²) in [5.74, 6) is 0.384. The molecule has 0 aliphatic heterocycles. The number of hydrogen-bond acceptors (Lipinski definition) is 4. The van der Waals surface area contributed by atoms with Crippen molar-refractivity contribution in [3.05, 3.63) is 35.9 Å². The molecule has 3 N–H and O–H groups in total. The zero-order valence-corrected chi connectivity index (χ0v) is 16.7. The SMILES string of the molecule is CCCS(=O)(=O)NC1CCC(CNC(=S)NC(=O)c2ccccc2)CC1. The lowest BCUT2D eigenvalue weighted by atomic mass is 9.86. The van der Waals surface area contributed by atoms with Gasteiger partial charge in [0.05, 0.1) is 5.75 Å². The molecule has 1 amide bonds. The van der Waals surface area contributed by atoms with Gasteiger partial charge in [0.1, 0.15) is 0 Å². The van der Waals surface area contributed by atoms with Gasteiger partial charge in [0.15, 0.2) is 5.11 Å². The van der Waals surface area contributed by atoms with E-state index in [2.05, 4.69) is 15.4 Å². The van der Waals surface area contributed by atoms with Crippen LogP contribution in [0.2, 0.25) is 0 Å². The van der Waals surface area contributed by atoms with Gasteiger partial charge in [0.2, 0.25) is 10.0 Å². The highest BCUT2D eigenvalue weighted by molar-refractivity contribution is 7.89. The van der Waals surface area contributed by atoms with E-state index in [-0.39, 0.29) is 17.7 Å². The highest BCUT2D eigenvalue weighted by Gasteiger charge is 2.24. The molecule has 2 rings (SSSR count). The van der Waals surface area contributed by atoms with Crippen LogP contribution in [0.3, 0.4) is 0 Å². The summed E-state index contributed by atoms with van der Waals surface area (Å²) in [6.45, 7) is 2.55. The van der Waals surface area contributed by atoms with Gasteiger partial charge in [0.25, 0.3) is 5.91 Å². The van der Waals surface area contributed by atoms with Gasteiger partial charge in [0, 0.05) is 18.2 Å². The summed E-state index contributed by atoms with van der Waals surface area (Å²) < 4.78 is 26.5. The number of sulfonamides is 1. The van der Waals surface area contributed by atoms with Crippen molar-refractivity contribution in [3.63, 3.8) is 0 Å². The van der Waals surface area contributed by atoms with Crippen molar-refractivity contribution in [2.45, 2.75) is 45.1 Å². The lowest BCUT2D eigenvalue weighted by molar-refractivity contribution is 0.0976. The van der Waals surface area contributed by atoms with Crippen molar-refractivity contribution in [2.24, 2.45) is 5.92 Å². The number of amides is 1. The normalized spacial score (nSPS) is 20.3. The Balaban J connectivity index is 1.68. The number of thiocarbonyl (C=S) groups is 1. The van der Waals surface area contributed by atoms with Crippen molar-refractivity contribution in [1.82, 2.24) is 15.4 Å². The molecule has 26 heavy (non-hydrogen) atoms. The van der Waals surface area contributed by atoms with Crippen molar-refractivity contribution >= 4 is 33.3 Å². The monoisotopic (exact) mass is 397 g/mol. The Labute approximate surface area is 161 Å². The largest absolute Gasteiger partial charge is 0.362 e. The Morgan fingerprint density at radius 2 is 1.81 bits per heavy atom. The van der Waals surface area contributed by atoms with Crippen LogP contribution in [0, 0.1) is 5.92 Å². The minimum absolute atomic E-state index is 0.0348. The molecule has 1 fully saturated rings. The van der Waals surface area contributed by atoms with Crippen LogP contribution in [-0.2, 0) is 10.0 Å². The lowest BCUT2D eigenvalue weighted by Crippen LogP contribution is -2.43. The van der Waals surface area contributed by atoms with Gasteiger partial charge >= 0.3 is 0 Å². The topological polar surface area (TPSA) is 87.3 Å². The first kappa shape index (κ1) is 20.8. The first-order chi connectivity index (χ1) is 12.4. The second-order valence-electron chi connectivity index (χ2n) is 6.68. The third-order valence-electron chi connectivity index (χ3n) is 4.48. The molecule has 0 aromatic heterocycles. The summed E-state index contributed by atoms with van der Waals surface area (Å²) >= 11 is 5.19. The Morgan fingerprint density at radius 1 is 1.15 bits per heavy atom. The van der Waals surface area contributed by atoms with Gasteiger partial charge in [-0.25, -0.2) is 13.1 Å². The van der Waals surface area contributed by atoms with Gasteiger partial charge in [-0.2, -0.15) is 0 Å². The van der Waals surface area contributed by atoms with Gasteiger partial charge in [-0.15, -0.1) is 0 Å². The van der Waals surface area contributed by atoms with Crippen molar-refractivity contribution < 1.29 is 13.2 Å². The zero-order chi connectivity index (χ0) is 19.0. The predicted octanol–water partition coefficient (Wildman–Crippen LogP) is 2.18. The minimum Gasteiger partial charge on any atom is -0.362 e. The fraction of sp³-hybridized carbons (Fsp3) is 0.556. The summed E-state index contributed by atoms with van der Waals surface area (Å²) in [5, 5.41) is 6.10. The molecule has 1 saturated carbocycles. The molecule has 0 unspecified atom stereocenters. The van der Waals surface area contributed by atoms with Crippen LogP contribution in [0.25, 0.3) is 0 Å². The van der Waals surface area contributed by atoms with E-state index in [9.17, 15) is 13.2 Å². The van der Waals surface area contributed by atoms with Crippen LogP contribution >= 0.6 is 12.2 Å². The summed E-state index contributed by atoms with van der Waals surface area (Å²) in [4.78, 5) is 12.0. The maximum Gasteiger partial charge on any atom is 0.257 e. The Bertz CT molecular complexity index is 700. The first-order valence-corrected chi connectivity index (χ1v) is 11.1. The standard InChI is InChI=1S/C18H27N3O3S2/c1-2-12-26(23,24)21-16-10-8-14(9-11-16)13-19-18(25)20-17(22)15-6-4-3-5-7-15/h3-7,14,16,21H,2,8-13H2,1H3,(H2,19,20,22,25). The summed E-state index contributed by atoms with van der Waals surface area (Å²) in [6, 6.07) is 8.97. The van der Waals surface area contributed by atoms with E-state index >= 15 is 0 Å². The average Bonchev–Trinajstić information content (AvgIpc) is 2.61. The minimum atomic E-state index is -3.15. The number of carbonyl (C=O) groups is 1. The smallest absolute Gasteiger partial charge is 0.257 e. The molecule has 144 valence electrons. The molecule has 0 saturated heterocycles. The van der Waals surface area contributed by atoms with Crippen LogP contribution in [0.1, 0.15) is 49.4 Å². The van der Waals surface area contributed by atoms with Crippen LogP contribution in [-0.4, -0.2) is 37.8 Å². The molecule has 0 heterocycles. The molecule has 0 spiro atoms. The molecular formula is C18H27N3O3S2. The fourth-order valence-electron chi connectivity index (χ4n) is 3.11. The number of nitrogens with one attached hydrogen (secondary N) is 3. The van der Waals surface area contributed by atoms with E-state index in [1.54, 1.807) is 24.3 Å². The predicted molar refractivity (Wildman–Crippen MR) is 107 cm³/mol. The lowest BCUT2D eigenvalue weighted by Gasteiger charge is -2.29. The molecule has 1 aromatic carbocycles. The number of benzene rings is 1. The average molecular weight is 398 g/mol. The van der Waals surface area contributed by atoms with Crippen LogP contribution in [0.4, 0.5) is 0 Å². The van der Waals surface area contributed by atoms with E-state index < -0.39 is 10.0 Å². The van der Waals surface area contributed by atoms with E-state index in [4.69, 9.17) is 12.2 Å². The van der Waals surface area contributed by atoms with Crippen LogP contribution in [0.5, 0.6) is 0 Å². The molecular weight excluding hydrogens is 370 g/mol. The van der Waals surface area contributed by atoms with E-state index in [1.165, 1.54) is 0 Å². The molecule has 0 atom stereocenters. The van der Waals surface area contributed by atoms with Crippen LogP contribution < -0.4 is 15.4 Å². The molecule has 8 heteroatoms. The van der Waals surface area contributed by atoms with E-state index in [1.807, 2.05) is 13.0 Å². The van der Waals surface area contributed by atoms with Crippen LogP contribution in [0.15, 0.2) is 30.3 Å². The van der Waals surface area contributed by atoms with Crippen molar-refractivity contribution in [3.8, 4) is 0 Å².